The molecule has 0 amide bonds. The Morgan fingerprint density at radius 2 is 2.06 bits per heavy atom. The van der Waals surface area contributed by atoms with Crippen LogP contribution in [0.4, 0.5) is 0 Å². The Morgan fingerprint density at radius 1 is 1.35 bits per heavy atom. The molecule has 2 aromatic rings. The third-order valence-corrected chi connectivity index (χ3v) is 2.71. The van der Waals surface area contributed by atoms with Crippen LogP contribution in [0.25, 0.3) is 0 Å². The molecule has 7 heteroatoms. The number of aliphatic hydroxyl groups excluding tert-OH is 1. The second kappa shape index (κ2) is 4.17. The van der Waals surface area contributed by atoms with Gasteiger partial charge in [0.2, 0.25) is 5.88 Å². The molecule has 0 aliphatic heterocycles. The van der Waals surface area contributed by atoms with E-state index in [0.717, 1.165) is 5.69 Å². The Kier molecular flexibility index (Phi) is 2.84. The number of hydrogen-bond acceptors (Lipinski definition) is 5. The van der Waals surface area contributed by atoms with Crippen molar-refractivity contribution in [1.82, 2.24) is 24.8 Å². The third kappa shape index (κ3) is 1.78. The van der Waals surface area contributed by atoms with E-state index in [1.807, 2.05) is 6.92 Å². The van der Waals surface area contributed by atoms with Gasteiger partial charge >= 0.3 is 0 Å². The van der Waals surface area contributed by atoms with Gasteiger partial charge < -0.3 is 9.84 Å². The first-order valence-corrected chi connectivity index (χ1v) is 5.16. The van der Waals surface area contributed by atoms with Gasteiger partial charge in [-0.3, -0.25) is 0 Å². The van der Waals surface area contributed by atoms with Crippen LogP contribution in [0, 0.1) is 6.92 Å². The highest BCUT2D eigenvalue weighted by molar-refractivity contribution is 5.37. The molecule has 7 nitrogen and oxygen atoms in total. The first kappa shape index (κ1) is 11.6. The van der Waals surface area contributed by atoms with Gasteiger partial charge in [-0.15, -0.1) is 5.10 Å². The monoisotopic (exact) mass is 237 g/mol. The summed E-state index contributed by atoms with van der Waals surface area (Å²) in [6.45, 7) is 1.82. The van der Waals surface area contributed by atoms with E-state index in [-0.39, 0.29) is 0 Å². The molecular formula is C10H15N5O2. The van der Waals surface area contributed by atoms with E-state index in [2.05, 4.69) is 15.4 Å². The molecule has 1 N–H and O–H groups in total. The minimum absolute atomic E-state index is 0.538. The fourth-order valence-corrected chi connectivity index (χ4v) is 1.90. The lowest BCUT2D eigenvalue weighted by Crippen LogP contribution is -2.08. The average molecular weight is 237 g/mol. The van der Waals surface area contributed by atoms with E-state index in [1.165, 1.54) is 10.9 Å². The summed E-state index contributed by atoms with van der Waals surface area (Å²) >= 11 is 0. The van der Waals surface area contributed by atoms with Crippen LogP contribution in [0.15, 0.2) is 6.20 Å². The summed E-state index contributed by atoms with van der Waals surface area (Å²) in [7, 11) is 5.04. The van der Waals surface area contributed by atoms with Crippen LogP contribution >= 0.6 is 0 Å². The number of ether oxygens (including phenoxy) is 1. The van der Waals surface area contributed by atoms with Gasteiger partial charge in [-0.2, -0.15) is 5.10 Å². The average Bonchev–Trinajstić information content (AvgIpc) is 2.81. The molecule has 0 aliphatic rings. The number of methoxy groups -OCH3 is 1. The van der Waals surface area contributed by atoms with Gasteiger partial charge in [-0.25, -0.2) is 9.36 Å². The molecule has 0 bridgehead atoms. The quantitative estimate of drug-likeness (QED) is 0.809. The lowest BCUT2D eigenvalue weighted by Gasteiger charge is -2.11. The van der Waals surface area contributed by atoms with Crippen LogP contribution in [-0.2, 0) is 14.1 Å². The first-order valence-electron chi connectivity index (χ1n) is 5.16. The molecule has 92 valence electrons. The summed E-state index contributed by atoms with van der Waals surface area (Å²) < 4.78 is 8.37. The highest BCUT2D eigenvalue weighted by Crippen LogP contribution is 2.31. The smallest absolute Gasteiger partial charge is 0.217 e. The molecule has 17 heavy (non-hydrogen) atoms. The fraction of sp³-hybridized carbons (Fsp3) is 0.500. The minimum Gasteiger partial charge on any atom is -0.481 e. The summed E-state index contributed by atoms with van der Waals surface area (Å²) in [5.41, 5.74) is 1.96. The van der Waals surface area contributed by atoms with E-state index in [9.17, 15) is 5.11 Å². The maximum Gasteiger partial charge on any atom is 0.217 e. The van der Waals surface area contributed by atoms with E-state index in [4.69, 9.17) is 4.74 Å². The topological polar surface area (TPSA) is 78.0 Å². The molecule has 2 aromatic heterocycles. The second-order valence-electron chi connectivity index (χ2n) is 3.82. The van der Waals surface area contributed by atoms with Crippen LogP contribution in [0.5, 0.6) is 5.88 Å². The normalized spacial score (nSPS) is 12.8. The van der Waals surface area contributed by atoms with Gasteiger partial charge in [-0.1, -0.05) is 5.21 Å². The number of aliphatic hydroxyl groups is 1. The molecule has 1 atom stereocenters. The summed E-state index contributed by atoms with van der Waals surface area (Å²) in [5.74, 6) is 0.538. The zero-order valence-electron chi connectivity index (χ0n) is 10.2. The van der Waals surface area contributed by atoms with Crippen molar-refractivity contribution in [1.29, 1.82) is 0 Å². The standard InChI is InChI=1S/C10H15N5O2/c1-6-8(10(17-4)15(3)12-6)9(16)7-5-11-13-14(7)2/h5,9,16H,1-4H3. The number of aryl methyl sites for hydroxylation is 3. The van der Waals surface area contributed by atoms with Crippen molar-refractivity contribution in [3.63, 3.8) is 0 Å². The van der Waals surface area contributed by atoms with Crippen LogP contribution < -0.4 is 4.74 Å². The number of rotatable bonds is 3. The van der Waals surface area contributed by atoms with Gasteiger partial charge in [0.05, 0.1) is 30.3 Å². The molecule has 0 saturated carbocycles. The van der Waals surface area contributed by atoms with Crippen LogP contribution in [0.2, 0.25) is 0 Å². The van der Waals surface area contributed by atoms with Gasteiger partial charge in [0.25, 0.3) is 0 Å². The van der Waals surface area contributed by atoms with Crippen molar-refractivity contribution in [2.45, 2.75) is 13.0 Å². The Hall–Kier alpha value is -1.89. The van der Waals surface area contributed by atoms with E-state index in [1.54, 1.807) is 25.9 Å². The summed E-state index contributed by atoms with van der Waals surface area (Å²) in [5, 5.41) is 22.1. The van der Waals surface area contributed by atoms with Crippen LogP contribution in [-0.4, -0.2) is 37.0 Å². The predicted molar refractivity (Wildman–Crippen MR) is 59.6 cm³/mol. The Morgan fingerprint density at radius 3 is 2.59 bits per heavy atom. The molecule has 0 aliphatic carbocycles. The molecule has 0 radical (unpaired) electrons. The first-order chi connectivity index (χ1) is 8.06. The molecule has 0 spiro atoms. The summed E-state index contributed by atoms with van der Waals surface area (Å²) in [6.07, 6.45) is 0.676. The lowest BCUT2D eigenvalue weighted by molar-refractivity contribution is 0.203. The van der Waals surface area contributed by atoms with E-state index >= 15 is 0 Å². The fourth-order valence-electron chi connectivity index (χ4n) is 1.90. The molecule has 1 unspecified atom stereocenters. The molecule has 2 heterocycles. The Bertz CT molecular complexity index is 531. The zero-order valence-corrected chi connectivity index (χ0v) is 10.2. The molecule has 2 rings (SSSR count). The molecular weight excluding hydrogens is 222 g/mol. The van der Waals surface area contributed by atoms with Gasteiger partial charge in [-0.05, 0) is 6.92 Å². The van der Waals surface area contributed by atoms with Crippen LogP contribution in [0.3, 0.4) is 0 Å². The lowest BCUT2D eigenvalue weighted by atomic mass is 10.1. The van der Waals surface area contributed by atoms with Crippen molar-refractivity contribution >= 4 is 0 Å². The third-order valence-electron chi connectivity index (χ3n) is 2.71. The Labute approximate surface area is 98.6 Å². The molecule has 0 aromatic carbocycles. The van der Waals surface area contributed by atoms with Gasteiger partial charge in [0, 0.05) is 14.1 Å². The maximum absolute atomic E-state index is 10.3. The summed E-state index contributed by atoms with van der Waals surface area (Å²) in [6, 6.07) is 0. The molecule has 0 fully saturated rings. The predicted octanol–water partition coefficient (Wildman–Crippen LogP) is -0.0527. The number of nitrogens with zero attached hydrogens (tertiary/aromatic N) is 5. The van der Waals surface area contributed by atoms with Crippen molar-refractivity contribution in [3.8, 4) is 5.88 Å². The van der Waals surface area contributed by atoms with E-state index < -0.39 is 6.10 Å². The van der Waals surface area contributed by atoms with Crippen LogP contribution in [0.1, 0.15) is 23.1 Å². The maximum atomic E-state index is 10.3. The second-order valence-corrected chi connectivity index (χ2v) is 3.82. The van der Waals surface area contributed by atoms with Crippen molar-refractivity contribution < 1.29 is 9.84 Å². The van der Waals surface area contributed by atoms with Gasteiger partial charge in [0.1, 0.15) is 6.10 Å². The Balaban J connectivity index is 2.50. The highest BCUT2D eigenvalue weighted by Gasteiger charge is 2.25. The minimum atomic E-state index is -0.848. The summed E-state index contributed by atoms with van der Waals surface area (Å²) in [4.78, 5) is 0. The van der Waals surface area contributed by atoms with Gasteiger partial charge in [0.15, 0.2) is 0 Å². The molecule has 0 saturated heterocycles. The van der Waals surface area contributed by atoms with Crippen molar-refractivity contribution in [2.24, 2.45) is 14.1 Å². The SMILES string of the molecule is COc1c(C(O)c2cnnn2C)c(C)nn1C. The number of aromatic nitrogens is 5. The van der Waals surface area contributed by atoms with E-state index in [0.29, 0.717) is 17.1 Å². The van der Waals surface area contributed by atoms with Crippen molar-refractivity contribution in [3.05, 3.63) is 23.1 Å². The largest absolute Gasteiger partial charge is 0.481 e. The zero-order chi connectivity index (χ0) is 12.6. The van der Waals surface area contributed by atoms with Crippen molar-refractivity contribution in [2.75, 3.05) is 7.11 Å². The highest BCUT2D eigenvalue weighted by atomic mass is 16.5. The number of hydrogen-bond donors (Lipinski definition) is 1.